The predicted octanol–water partition coefficient (Wildman–Crippen LogP) is 3.15. The third-order valence-corrected chi connectivity index (χ3v) is 4.04. The Balaban J connectivity index is 2.31. The lowest BCUT2D eigenvalue weighted by Gasteiger charge is -2.35. The van der Waals surface area contributed by atoms with E-state index in [9.17, 15) is 0 Å². The minimum atomic E-state index is 0.219. The van der Waals surface area contributed by atoms with Gasteiger partial charge < -0.3 is 4.90 Å². The molecule has 1 aliphatic carbocycles. The van der Waals surface area contributed by atoms with Crippen molar-refractivity contribution in [3.05, 3.63) is 4.77 Å². The van der Waals surface area contributed by atoms with Gasteiger partial charge in [-0.1, -0.05) is 20.8 Å². The fourth-order valence-corrected chi connectivity index (χ4v) is 2.24. The second kappa shape index (κ2) is 4.12. The van der Waals surface area contributed by atoms with Crippen LogP contribution >= 0.6 is 12.2 Å². The van der Waals surface area contributed by atoms with Crippen LogP contribution in [0.5, 0.6) is 0 Å². The largest absolute Gasteiger partial charge is 0.341 e. The molecule has 1 fully saturated rings. The normalized spacial score (nSPS) is 18.2. The first-order valence-corrected chi connectivity index (χ1v) is 6.63. The van der Waals surface area contributed by atoms with Gasteiger partial charge in [-0.05, 0) is 37.4 Å². The standard InChI is InChI=1S/C12H22N4S/c1-8(12(2,3)4)15(5)10-13-14-11(17)16(10)9-6-7-9/h8-9H,6-7H2,1-5H3,(H,14,17). The molecule has 1 unspecified atom stereocenters. The van der Waals surface area contributed by atoms with Gasteiger partial charge in [-0.2, -0.15) is 0 Å². The van der Waals surface area contributed by atoms with Gasteiger partial charge in [0.2, 0.25) is 5.95 Å². The molecule has 1 N–H and O–H groups in total. The Morgan fingerprint density at radius 2 is 2.06 bits per heavy atom. The van der Waals surface area contributed by atoms with Crippen molar-refractivity contribution < 1.29 is 0 Å². The van der Waals surface area contributed by atoms with Gasteiger partial charge >= 0.3 is 0 Å². The fraction of sp³-hybridized carbons (Fsp3) is 0.833. The van der Waals surface area contributed by atoms with E-state index in [-0.39, 0.29) is 5.41 Å². The number of aromatic amines is 1. The van der Waals surface area contributed by atoms with E-state index in [2.05, 4.69) is 54.4 Å². The van der Waals surface area contributed by atoms with E-state index in [0.717, 1.165) is 10.7 Å². The summed E-state index contributed by atoms with van der Waals surface area (Å²) in [6.45, 7) is 8.97. The summed E-state index contributed by atoms with van der Waals surface area (Å²) < 4.78 is 2.91. The van der Waals surface area contributed by atoms with Gasteiger partial charge in [0.25, 0.3) is 0 Å². The molecule has 1 aromatic heterocycles. The topological polar surface area (TPSA) is 36.9 Å². The zero-order valence-electron chi connectivity index (χ0n) is 11.3. The second-order valence-electron chi connectivity index (χ2n) is 6.08. The highest BCUT2D eigenvalue weighted by Gasteiger charge is 2.32. The average molecular weight is 254 g/mol. The molecule has 1 aromatic rings. The van der Waals surface area contributed by atoms with Crippen molar-refractivity contribution in [2.24, 2.45) is 5.41 Å². The SMILES string of the molecule is CC(N(C)c1n[nH]c(=S)n1C1CC1)C(C)(C)C. The lowest BCUT2D eigenvalue weighted by Crippen LogP contribution is -2.40. The Labute approximate surface area is 108 Å². The smallest absolute Gasteiger partial charge is 0.225 e. The summed E-state index contributed by atoms with van der Waals surface area (Å²) in [5.41, 5.74) is 0.219. The number of nitrogens with zero attached hydrogens (tertiary/aromatic N) is 3. The van der Waals surface area contributed by atoms with Gasteiger partial charge in [-0.3, -0.25) is 4.57 Å². The second-order valence-corrected chi connectivity index (χ2v) is 6.47. The van der Waals surface area contributed by atoms with Crippen molar-refractivity contribution in [3.8, 4) is 0 Å². The summed E-state index contributed by atoms with van der Waals surface area (Å²) >= 11 is 5.31. The molecule has 1 saturated carbocycles. The lowest BCUT2D eigenvalue weighted by molar-refractivity contribution is 0.325. The summed E-state index contributed by atoms with van der Waals surface area (Å²) in [7, 11) is 2.10. The van der Waals surface area contributed by atoms with Crippen LogP contribution in [-0.4, -0.2) is 27.9 Å². The maximum atomic E-state index is 5.31. The number of hydrogen-bond donors (Lipinski definition) is 1. The molecule has 0 aromatic carbocycles. The molecular weight excluding hydrogens is 232 g/mol. The van der Waals surface area contributed by atoms with E-state index >= 15 is 0 Å². The van der Waals surface area contributed by atoms with Crippen molar-refractivity contribution in [2.75, 3.05) is 11.9 Å². The van der Waals surface area contributed by atoms with Gasteiger partial charge in [0.15, 0.2) is 4.77 Å². The van der Waals surface area contributed by atoms with Crippen LogP contribution in [0.4, 0.5) is 5.95 Å². The van der Waals surface area contributed by atoms with Gasteiger partial charge in [-0.15, -0.1) is 5.10 Å². The van der Waals surface area contributed by atoms with Crippen molar-refractivity contribution in [1.82, 2.24) is 14.8 Å². The molecule has 0 spiro atoms. The van der Waals surface area contributed by atoms with E-state index in [1.165, 1.54) is 12.8 Å². The molecule has 1 aliphatic rings. The molecule has 0 bridgehead atoms. The van der Waals surface area contributed by atoms with Crippen molar-refractivity contribution in [1.29, 1.82) is 0 Å². The Morgan fingerprint density at radius 1 is 1.47 bits per heavy atom. The van der Waals surface area contributed by atoms with Gasteiger partial charge in [0.1, 0.15) is 0 Å². The molecule has 96 valence electrons. The van der Waals surface area contributed by atoms with Gasteiger partial charge in [0.05, 0.1) is 0 Å². The summed E-state index contributed by atoms with van der Waals surface area (Å²) in [6.07, 6.45) is 2.44. The van der Waals surface area contributed by atoms with E-state index < -0.39 is 0 Å². The summed E-state index contributed by atoms with van der Waals surface area (Å²) in [4.78, 5) is 2.23. The Morgan fingerprint density at radius 3 is 2.53 bits per heavy atom. The maximum Gasteiger partial charge on any atom is 0.225 e. The first-order valence-electron chi connectivity index (χ1n) is 6.22. The minimum Gasteiger partial charge on any atom is -0.341 e. The van der Waals surface area contributed by atoms with Crippen LogP contribution < -0.4 is 4.90 Å². The third kappa shape index (κ3) is 2.39. The molecule has 0 radical (unpaired) electrons. The van der Waals surface area contributed by atoms with E-state index in [4.69, 9.17) is 12.2 Å². The van der Waals surface area contributed by atoms with Gasteiger partial charge in [-0.25, -0.2) is 5.10 Å². The molecular formula is C12H22N4S. The number of hydrogen-bond acceptors (Lipinski definition) is 3. The van der Waals surface area contributed by atoms with Gasteiger partial charge in [0, 0.05) is 19.1 Å². The van der Waals surface area contributed by atoms with Crippen LogP contribution in [0.1, 0.15) is 46.6 Å². The Bertz CT molecular complexity index is 450. The molecule has 2 rings (SSSR count). The summed E-state index contributed by atoms with van der Waals surface area (Å²) in [5.74, 6) is 0.972. The third-order valence-electron chi connectivity index (χ3n) is 3.75. The summed E-state index contributed by atoms with van der Waals surface area (Å²) in [5, 5.41) is 7.30. The first-order chi connectivity index (χ1) is 7.82. The minimum absolute atomic E-state index is 0.219. The van der Waals surface area contributed by atoms with Crippen molar-refractivity contribution in [2.45, 2.75) is 52.6 Å². The fourth-order valence-electron chi connectivity index (χ4n) is 1.96. The van der Waals surface area contributed by atoms with E-state index in [0.29, 0.717) is 12.1 Å². The van der Waals surface area contributed by atoms with E-state index in [1.54, 1.807) is 0 Å². The summed E-state index contributed by atoms with van der Waals surface area (Å²) in [6, 6.07) is 0.969. The van der Waals surface area contributed by atoms with Crippen LogP contribution in [0.15, 0.2) is 0 Å². The highest BCUT2D eigenvalue weighted by molar-refractivity contribution is 7.71. The zero-order valence-corrected chi connectivity index (χ0v) is 12.1. The number of nitrogens with one attached hydrogen (secondary N) is 1. The van der Waals surface area contributed by atoms with E-state index in [1.807, 2.05) is 0 Å². The molecule has 17 heavy (non-hydrogen) atoms. The van der Waals surface area contributed by atoms with Crippen LogP contribution in [0.2, 0.25) is 0 Å². The van der Waals surface area contributed by atoms with Crippen molar-refractivity contribution in [3.63, 3.8) is 0 Å². The van der Waals surface area contributed by atoms with Crippen molar-refractivity contribution >= 4 is 18.2 Å². The zero-order chi connectivity index (χ0) is 12.8. The molecule has 5 heteroatoms. The monoisotopic (exact) mass is 254 g/mol. The number of rotatable bonds is 3. The highest BCUT2D eigenvalue weighted by Crippen LogP contribution is 2.38. The molecule has 0 saturated heterocycles. The quantitative estimate of drug-likeness (QED) is 0.842. The number of aromatic nitrogens is 3. The predicted molar refractivity (Wildman–Crippen MR) is 73.0 cm³/mol. The average Bonchev–Trinajstić information content (AvgIpc) is 2.99. The maximum absolute atomic E-state index is 5.31. The molecule has 1 atom stereocenters. The van der Waals surface area contributed by atoms with Crippen LogP contribution in [0, 0.1) is 10.2 Å². The molecule has 0 aliphatic heterocycles. The number of anilines is 1. The first kappa shape index (κ1) is 12.6. The highest BCUT2D eigenvalue weighted by atomic mass is 32.1. The number of H-pyrrole nitrogens is 1. The Kier molecular flexibility index (Phi) is 3.06. The molecule has 1 heterocycles. The van der Waals surface area contributed by atoms with Crippen LogP contribution in [-0.2, 0) is 0 Å². The van der Waals surface area contributed by atoms with Crippen LogP contribution in [0.3, 0.4) is 0 Å². The lowest BCUT2D eigenvalue weighted by atomic mass is 9.87. The van der Waals surface area contributed by atoms with Crippen LogP contribution in [0.25, 0.3) is 0 Å². The Hall–Kier alpha value is -0.840. The molecule has 4 nitrogen and oxygen atoms in total. The molecule has 0 amide bonds.